The molecule has 146 valence electrons. The Morgan fingerprint density at radius 3 is 2.54 bits per heavy atom. The van der Waals surface area contributed by atoms with Crippen molar-refractivity contribution in [1.82, 2.24) is 4.57 Å². The third kappa shape index (κ3) is 2.83. The lowest BCUT2D eigenvalue weighted by Crippen LogP contribution is -2.27. The maximum Gasteiger partial charge on any atom is 0.307 e. The summed E-state index contributed by atoms with van der Waals surface area (Å²) in [6.45, 7) is 6.07. The van der Waals surface area contributed by atoms with E-state index < -0.39 is 5.97 Å². The fourth-order valence-electron chi connectivity index (χ4n) is 4.38. The van der Waals surface area contributed by atoms with Crippen LogP contribution in [0.4, 0.5) is 11.4 Å². The summed E-state index contributed by atoms with van der Waals surface area (Å²) in [5.74, 6) is -0.801. The number of nitrogens with one attached hydrogen (secondary N) is 1. The molecule has 0 saturated heterocycles. The van der Waals surface area contributed by atoms with E-state index in [1.165, 1.54) is 11.2 Å². The third-order valence-electron chi connectivity index (χ3n) is 5.69. The molecule has 0 unspecified atom stereocenters. The first-order valence-electron chi connectivity index (χ1n) is 9.43. The lowest BCUT2D eigenvalue weighted by Gasteiger charge is -2.32. The predicted molar refractivity (Wildman–Crippen MR) is 119 cm³/mol. The van der Waals surface area contributed by atoms with E-state index in [1.54, 1.807) is 11.9 Å². The topological polar surface area (TPSA) is 57.5 Å². The quantitative estimate of drug-likeness (QED) is 0.614. The van der Waals surface area contributed by atoms with Crippen LogP contribution < -0.4 is 9.62 Å². The van der Waals surface area contributed by atoms with E-state index >= 15 is 0 Å². The van der Waals surface area contributed by atoms with Crippen LogP contribution in [0.3, 0.4) is 0 Å². The zero-order valence-electron chi connectivity index (χ0n) is 16.7. The van der Waals surface area contributed by atoms with Crippen molar-refractivity contribution >= 4 is 40.2 Å². The Morgan fingerprint density at radius 1 is 1.21 bits per heavy atom. The van der Waals surface area contributed by atoms with Crippen molar-refractivity contribution in [2.75, 3.05) is 29.5 Å². The standard InChI is InChI=1S/C22H25N3O2S/c1-13-11-18-20(15-5-7-16(23-3)8-6-15)17(12-19(26)27)14(2)21-22(18)24(13)9-10-25(21)28-4/h5-8,11,23H,9-10,12H2,1-4H3,(H,26,27). The van der Waals surface area contributed by atoms with Gasteiger partial charge < -0.3 is 19.3 Å². The first-order valence-corrected chi connectivity index (χ1v) is 10.6. The van der Waals surface area contributed by atoms with E-state index in [9.17, 15) is 9.90 Å². The number of aryl methyl sites for hydroxylation is 1. The molecule has 0 radical (unpaired) electrons. The Balaban J connectivity index is 2.10. The average molecular weight is 396 g/mol. The molecule has 6 heteroatoms. The lowest BCUT2D eigenvalue weighted by molar-refractivity contribution is -0.136. The number of anilines is 2. The van der Waals surface area contributed by atoms with Crippen molar-refractivity contribution in [3.63, 3.8) is 0 Å². The van der Waals surface area contributed by atoms with Gasteiger partial charge in [0.25, 0.3) is 0 Å². The number of benzene rings is 2. The molecule has 4 rings (SSSR count). The molecule has 0 atom stereocenters. The van der Waals surface area contributed by atoms with Crippen LogP contribution in [0, 0.1) is 13.8 Å². The number of carboxylic acids is 1. The van der Waals surface area contributed by atoms with E-state index in [0.29, 0.717) is 0 Å². The van der Waals surface area contributed by atoms with Crippen LogP contribution in [-0.4, -0.2) is 35.5 Å². The highest BCUT2D eigenvalue weighted by Gasteiger charge is 2.28. The number of hydrogen-bond donors (Lipinski definition) is 2. The molecule has 2 aromatic carbocycles. The molecule has 2 N–H and O–H groups in total. The molecule has 0 fully saturated rings. The van der Waals surface area contributed by atoms with Crippen LogP contribution >= 0.6 is 11.9 Å². The molecule has 1 aliphatic heterocycles. The number of carbonyl (C=O) groups is 1. The van der Waals surface area contributed by atoms with Gasteiger partial charge in [-0.1, -0.05) is 24.1 Å². The van der Waals surface area contributed by atoms with Crippen molar-refractivity contribution in [2.24, 2.45) is 0 Å². The van der Waals surface area contributed by atoms with Gasteiger partial charge in [0.1, 0.15) is 0 Å². The fourth-order valence-corrected chi connectivity index (χ4v) is 5.05. The van der Waals surface area contributed by atoms with Crippen molar-refractivity contribution < 1.29 is 9.90 Å². The second kappa shape index (κ2) is 7.09. The maximum atomic E-state index is 11.7. The van der Waals surface area contributed by atoms with E-state index in [1.807, 2.05) is 19.2 Å². The van der Waals surface area contributed by atoms with Gasteiger partial charge in [-0.05, 0) is 54.3 Å². The highest BCUT2D eigenvalue weighted by Crippen LogP contribution is 2.46. The molecule has 28 heavy (non-hydrogen) atoms. The minimum Gasteiger partial charge on any atom is -0.481 e. The number of aromatic nitrogens is 1. The van der Waals surface area contributed by atoms with Crippen molar-refractivity contribution in [1.29, 1.82) is 0 Å². The van der Waals surface area contributed by atoms with Gasteiger partial charge >= 0.3 is 5.97 Å². The highest BCUT2D eigenvalue weighted by atomic mass is 32.2. The first kappa shape index (κ1) is 18.7. The van der Waals surface area contributed by atoms with E-state index in [2.05, 4.69) is 52.5 Å². The molecule has 0 spiro atoms. The van der Waals surface area contributed by atoms with E-state index in [4.69, 9.17) is 0 Å². The molecule has 0 saturated carbocycles. The Kier molecular flexibility index (Phi) is 4.75. The lowest BCUT2D eigenvalue weighted by atomic mass is 9.89. The van der Waals surface area contributed by atoms with Gasteiger partial charge in [0.15, 0.2) is 0 Å². The molecular formula is C22H25N3O2S. The summed E-state index contributed by atoms with van der Waals surface area (Å²) in [6.07, 6.45) is 2.10. The van der Waals surface area contributed by atoms with Gasteiger partial charge in [-0.15, -0.1) is 0 Å². The van der Waals surface area contributed by atoms with Crippen LogP contribution in [0.5, 0.6) is 0 Å². The summed E-state index contributed by atoms with van der Waals surface area (Å²) in [5.41, 5.74) is 8.72. The second-order valence-electron chi connectivity index (χ2n) is 7.21. The molecule has 0 amide bonds. The van der Waals surface area contributed by atoms with Crippen LogP contribution in [0.2, 0.25) is 0 Å². The highest BCUT2D eigenvalue weighted by molar-refractivity contribution is 8.00. The van der Waals surface area contributed by atoms with Gasteiger partial charge in [0, 0.05) is 43.2 Å². The summed E-state index contributed by atoms with van der Waals surface area (Å²) in [5, 5.41) is 13.9. The zero-order chi connectivity index (χ0) is 20.0. The number of aliphatic carboxylic acids is 1. The maximum absolute atomic E-state index is 11.7. The minimum atomic E-state index is -0.801. The third-order valence-corrected chi connectivity index (χ3v) is 6.50. The Hall–Kier alpha value is -2.60. The van der Waals surface area contributed by atoms with Gasteiger partial charge in [0.2, 0.25) is 0 Å². The summed E-state index contributed by atoms with van der Waals surface area (Å²) in [4.78, 5) is 11.7. The van der Waals surface area contributed by atoms with Crippen molar-refractivity contribution in [3.05, 3.63) is 47.2 Å². The van der Waals surface area contributed by atoms with Gasteiger partial charge in [-0.25, -0.2) is 0 Å². The number of hydrogen-bond acceptors (Lipinski definition) is 4. The van der Waals surface area contributed by atoms with Crippen molar-refractivity contribution in [2.45, 2.75) is 26.8 Å². The molecular weight excluding hydrogens is 370 g/mol. The summed E-state index contributed by atoms with van der Waals surface area (Å²) >= 11 is 1.70. The first-order chi connectivity index (χ1) is 13.5. The molecule has 5 nitrogen and oxygen atoms in total. The van der Waals surface area contributed by atoms with E-state index in [0.717, 1.165) is 52.1 Å². The molecule has 0 bridgehead atoms. The van der Waals surface area contributed by atoms with Crippen LogP contribution in [0.1, 0.15) is 16.8 Å². The van der Waals surface area contributed by atoms with E-state index in [-0.39, 0.29) is 6.42 Å². The molecule has 1 aliphatic rings. The summed E-state index contributed by atoms with van der Waals surface area (Å²) in [7, 11) is 1.90. The van der Waals surface area contributed by atoms with Crippen molar-refractivity contribution in [3.8, 4) is 11.1 Å². The second-order valence-corrected chi connectivity index (χ2v) is 8.02. The minimum absolute atomic E-state index is 0.0182. The average Bonchev–Trinajstić information content (AvgIpc) is 3.02. The van der Waals surface area contributed by atoms with Gasteiger partial charge in [0.05, 0.1) is 17.6 Å². The summed E-state index contributed by atoms with van der Waals surface area (Å²) in [6, 6.07) is 10.5. The normalized spacial score (nSPS) is 13.2. The number of nitrogens with zero attached hydrogens (tertiary/aromatic N) is 2. The van der Waals surface area contributed by atoms with Gasteiger partial charge in [-0.2, -0.15) is 0 Å². The predicted octanol–water partition coefficient (Wildman–Crippen LogP) is 4.69. The number of rotatable bonds is 5. The largest absolute Gasteiger partial charge is 0.481 e. The van der Waals surface area contributed by atoms with Gasteiger partial charge in [-0.3, -0.25) is 4.79 Å². The van der Waals surface area contributed by atoms with Crippen LogP contribution in [0.15, 0.2) is 30.3 Å². The fraction of sp³-hybridized carbons (Fsp3) is 0.318. The summed E-state index contributed by atoms with van der Waals surface area (Å²) < 4.78 is 4.68. The zero-order valence-corrected chi connectivity index (χ0v) is 17.5. The Labute approximate surface area is 169 Å². The number of carboxylic acid groups (broad SMARTS) is 1. The Bertz CT molecular complexity index is 1070. The smallest absolute Gasteiger partial charge is 0.307 e. The molecule has 3 aromatic rings. The molecule has 1 aromatic heterocycles. The van der Waals surface area contributed by atoms with Crippen LogP contribution in [-0.2, 0) is 17.8 Å². The Morgan fingerprint density at radius 2 is 1.93 bits per heavy atom. The SMILES string of the molecule is CNc1ccc(-c2c(CC(=O)O)c(C)c3c4c2cc(C)n4CCN3SC)cc1. The molecule has 0 aliphatic carbocycles. The monoisotopic (exact) mass is 395 g/mol. The van der Waals surface area contributed by atoms with Crippen LogP contribution in [0.25, 0.3) is 22.0 Å². The molecule has 2 heterocycles.